The Morgan fingerprint density at radius 3 is 1.81 bits per heavy atom. The summed E-state index contributed by atoms with van der Waals surface area (Å²) >= 11 is 0. The van der Waals surface area contributed by atoms with Gasteiger partial charge in [0.05, 0.1) is 22.3 Å². The summed E-state index contributed by atoms with van der Waals surface area (Å²) in [5.41, 5.74) is 15.2. The Bertz CT molecular complexity index is 2880. The van der Waals surface area contributed by atoms with Crippen LogP contribution in [0.15, 0.2) is 146 Å². The van der Waals surface area contributed by atoms with Crippen molar-refractivity contribution in [2.45, 2.75) is 92.4 Å². The Balaban J connectivity index is 0.00000578. The minimum Gasteiger partial charge on any atom is -0.507 e. The molecule has 0 saturated heterocycles. The van der Waals surface area contributed by atoms with Gasteiger partial charge in [-0.2, -0.15) is 0 Å². The number of rotatable bonds is 7. The average molecular weight is 996 g/mol. The third-order valence-corrected chi connectivity index (χ3v) is 12.9. The number of imidazole rings is 1. The molecule has 0 aliphatic rings. The van der Waals surface area contributed by atoms with Crippen LogP contribution in [-0.4, -0.2) is 19.6 Å². The molecule has 6 aromatic carbocycles. The van der Waals surface area contributed by atoms with Crippen molar-refractivity contribution < 1.29 is 26.2 Å². The second kappa shape index (κ2) is 16.6. The summed E-state index contributed by atoms with van der Waals surface area (Å²) in [4.78, 5) is 10.4. The third kappa shape index (κ3) is 8.47. The van der Waals surface area contributed by atoms with Gasteiger partial charge in [0.2, 0.25) is 0 Å². The van der Waals surface area contributed by atoms with Crippen molar-refractivity contribution in [3.05, 3.63) is 168 Å². The zero-order chi connectivity index (χ0) is 43.5. The number of pyridine rings is 1. The van der Waals surface area contributed by atoms with E-state index in [1.54, 1.807) is 6.07 Å². The third-order valence-electron chi connectivity index (χ3n) is 12.9. The largest absolute Gasteiger partial charge is 0.507 e. The second-order valence-electron chi connectivity index (χ2n) is 20.1. The molecule has 0 bridgehead atoms. The number of phenols is 1. The molecule has 0 aliphatic heterocycles. The van der Waals surface area contributed by atoms with Crippen molar-refractivity contribution in [3.63, 3.8) is 0 Å². The first-order chi connectivity index (χ1) is 28.8. The molecule has 8 rings (SSSR count). The van der Waals surface area contributed by atoms with E-state index in [0.717, 1.165) is 61.4 Å². The van der Waals surface area contributed by atoms with Gasteiger partial charge in [0.15, 0.2) is 0 Å². The first kappa shape index (κ1) is 44.5. The van der Waals surface area contributed by atoms with Crippen LogP contribution in [0, 0.1) is 11.5 Å². The van der Waals surface area contributed by atoms with Crippen molar-refractivity contribution in [2.75, 3.05) is 0 Å². The van der Waals surface area contributed by atoms with E-state index in [1.807, 2.05) is 24.4 Å². The van der Waals surface area contributed by atoms with E-state index in [0.29, 0.717) is 11.4 Å². The van der Waals surface area contributed by atoms with Crippen molar-refractivity contribution in [3.8, 4) is 67.5 Å². The predicted molar refractivity (Wildman–Crippen MR) is 256 cm³/mol. The molecule has 5 heteroatoms. The van der Waals surface area contributed by atoms with Gasteiger partial charge in [-0.25, -0.2) is 4.98 Å². The van der Waals surface area contributed by atoms with E-state index < -0.39 is 0 Å². The minimum absolute atomic E-state index is 0. The maximum Gasteiger partial charge on any atom is 0.148 e. The standard InChI is InChI=1S/C57H58N3O.Pt/c1-54(2,3)42-26-24-37(25-27-42)39-30-31-58-48(35-39)41-32-40(33-44(34-41)55(4,5)6)45-21-17-22-50-52(45)59-53(46-20-15-16-23-51(46)61)60(50)49-29-28-43(57(10,11)56(7,8)9)36-47(49)38-18-13-12-14-19-38;/h12-31,33-36,61H,1-11H3;/q-1;. The van der Waals surface area contributed by atoms with E-state index in [9.17, 15) is 5.11 Å². The van der Waals surface area contributed by atoms with E-state index in [2.05, 4.69) is 202 Å². The van der Waals surface area contributed by atoms with E-state index in [4.69, 9.17) is 9.97 Å². The fourth-order valence-corrected chi connectivity index (χ4v) is 8.01. The van der Waals surface area contributed by atoms with Gasteiger partial charge in [-0.15, -0.1) is 29.3 Å². The number of aromatic nitrogens is 3. The zero-order valence-corrected chi connectivity index (χ0v) is 40.2. The molecule has 0 amide bonds. The summed E-state index contributed by atoms with van der Waals surface area (Å²) in [5.74, 6) is 0.842. The first-order valence-corrected chi connectivity index (χ1v) is 21.5. The van der Waals surface area contributed by atoms with Gasteiger partial charge >= 0.3 is 0 Å². The summed E-state index contributed by atoms with van der Waals surface area (Å²) in [7, 11) is 0. The van der Waals surface area contributed by atoms with Crippen LogP contribution in [0.2, 0.25) is 0 Å². The molecule has 4 nitrogen and oxygen atoms in total. The molecule has 0 unspecified atom stereocenters. The SMILES string of the molecule is CC(C)(C)c1ccc(-c2ccnc(-c3[c-]c(-c4cccc5c4nc(-c4ccccc4O)n5-c4ccc(C(C)(C)C(C)(C)C)cc4-c4ccccc4)cc(C(C)(C)C)c3)c2)cc1.[Pt]. The number of para-hydroxylation sites is 2. The summed E-state index contributed by atoms with van der Waals surface area (Å²) in [6.45, 7) is 25.0. The zero-order valence-electron chi connectivity index (χ0n) is 38.0. The van der Waals surface area contributed by atoms with Gasteiger partial charge < -0.3 is 5.11 Å². The monoisotopic (exact) mass is 995 g/mol. The second-order valence-corrected chi connectivity index (χ2v) is 20.1. The molecular formula is C57H58N3OPt-. The number of benzene rings is 6. The Morgan fingerprint density at radius 2 is 1.15 bits per heavy atom. The van der Waals surface area contributed by atoms with Crippen LogP contribution in [0.1, 0.15) is 92.9 Å². The van der Waals surface area contributed by atoms with Crippen LogP contribution in [0.3, 0.4) is 0 Å². The van der Waals surface area contributed by atoms with Crippen LogP contribution in [0.4, 0.5) is 0 Å². The average Bonchev–Trinajstić information content (AvgIpc) is 3.62. The van der Waals surface area contributed by atoms with Gasteiger partial charge in [0.1, 0.15) is 11.6 Å². The number of fused-ring (bicyclic) bond motifs is 1. The van der Waals surface area contributed by atoms with Gasteiger partial charge in [-0.05, 0) is 85.9 Å². The molecule has 0 atom stereocenters. The molecule has 2 heterocycles. The molecule has 0 aliphatic carbocycles. The fourth-order valence-electron chi connectivity index (χ4n) is 8.01. The van der Waals surface area contributed by atoms with Crippen LogP contribution >= 0.6 is 0 Å². The Kier molecular flexibility index (Phi) is 11.9. The fraction of sp³-hybridized carbons (Fsp3) is 0.263. The summed E-state index contributed by atoms with van der Waals surface area (Å²) in [6.07, 6.45) is 1.90. The van der Waals surface area contributed by atoms with Gasteiger partial charge in [0, 0.05) is 38.5 Å². The van der Waals surface area contributed by atoms with Gasteiger partial charge in [0.25, 0.3) is 0 Å². The van der Waals surface area contributed by atoms with Crippen molar-refractivity contribution in [2.24, 2.45) is 5.41 Å². The van der Waals surface area contributed by atoms with Gasteiger partial charge in [-0.3, -0.25) is 9.55 Å². The molecule has 62 heavy (non-hydrogen) atoms. The smallest absolute Gasteiger partial charge is 0.148 e. The molecule has 0 saturated carbocycles. The molecule has 1 N–H and O–H groups in total. The predicted octanol–water partition coefficient (Wildman–Crippen LogP) is 15.2. The van der Waals surface area contributed by atoms with E-state index >= 15 is 0 Å². The van der Waals surface area contributed by atoms with Crippen LogP contribution < -0.4 is 0 Å². The number of nitrogens with zero attached hydrogens (tertiary/aromatic N) is 3. The maximum atomic E-state index is 11.4. The molecule has 2 aromatic heterocycles. The van der Waals surface area contributed by atoms with Gasteiger partial charge in [-0.1, -0.05) is 178 Å². The maximum absolute atomic E-state index is 11.4. The normalized spacial score (nSPS) is 12.4. The molecular weight excluding hydrogens is 938 g/mol. The Hall–Kier alpha value is -5.57. The molecule has 0 spiro atoms. The number of aromatic hydroxyl groups is 1. The van der Waals surface area contributed by atoms with E-state index in [1.165, 1.54) is 16.7 Å². The van der Waals surface area contributed by atoms with E-state index in [-0.39, 0.29) is 48.5 Å². The Labute approximate surface area is 383 Å². The summed E-state index contributed by atoms with van der Waals surface area (Å²) in [5, 5.41) is 11.4. The topological polar surface area (TPSA) is 50.9 Å². The molecule has 8 aromatic rings. The summed E-state index contributed by atoms with van der Waals surface area (Å²) < 4.78 is 2.23. The number of hydrogen-bond acceptors (Lipinski definition) is 3. The Morgan fingerprint density at radius 1 is 0.516 bits per heavy atom. The number of hydrogen-bond donors (Lipinski definition) is 1. The molecule has 0 fully saturated rings. The first-order valence-electron chi connectivity index (χ1n) is 21.5. The summed E-state index contributed by atoms with van der Waals surface area (Å²) in [6, 6.07) is 52.8. The molecule has 0 radical (unpaired) electrons. The van der Waals surface area contributed by atoms with Crippen molar-refractivity contribution in [1.82, 2.24) is 14.5 Å². The van der Waals surface area contributed by atoms with Crippen LogP contribution in [-0.2, 0) is 37.3 Å². The quantitative estimate of drug-likeness (QED) is 0.162. The number of phenolic OH excluding ortho intramolecular Hbond substituents is 1. The van der Waals surface area contributed by atoms with Crippen LogP contribution in [0.25, 0.3) is 72.7 Å². The van der Waals surface area contributed by atoms with Crippen molar-refractivity contribution >= 4 is 11.0 Å². The minimum atomic E-state index is -0.152. The van der Waals surface area contributed by atoms with Crippen LogP contribution in [0.5, 0.6) is 5.75 Å². The van der Waals surface area contributed by atoms with Crippen molar-refractivity contribution in [1.29, 1.82) is 0 Å². The molecule has 318 valence electrons.